The number of aliphatic hydroxyl groups excluding tert-OH is 1. The molecule has 0 spiro atoms. The lowest BCUT2D eigenvalue weighted by Gasteiger charge is -2.32. The van der Waals surface area contributed by atoms with E-state index in [4.69, 9.17) is 22.3 Å². The standard InChI is InChI=1S/C36H55N9O11/c1-18(2)29(31(39)51)43-35(55)30(19(3)4)44-34(54)25-6-5-14-45(25)36(56)24(16-20-7-9-21(47)10-8-20)42-33(53)23(17-27(38)49)41-32(52)22(11-12-26(37)48)40-28(50)13-15-46/h7-10,18-19,22-25,29-30,46-47H,5-6,11-17H2,1-4H3,(H2,37,48)(H2,38,49)(H2,39,51)(H,40,50)(H,41,52)(H,42,53)(H,43,55)(H,44,54)/t22-,23-,24-,25-,29-,30-/m0/s1. The summed E-state index contributed by atoms with van der Waals surface area (Å²) in [6.07, 6.45) is -1.33. The van der Waals surface area contributed by atoms with Gasteiger partial charge in [0.15, 0.2) is 0 Å². The molecular weight excluding hydrogens is 734 g/mol. The SMILES string of the molecule is CC(C)[C@H](NC(=O)[C@@H](NC(=O)[C@@H]1CCCN1C(=O)[C@H](Cc1ccc(O)cc1)NC(=O)[C@H](CC(N)=O)NC(=O)[C@H](CCC(N)=O)NC(=O)CCO)C(C)C)C(N)=O. The van der Waals surface area contributed by atoms with Gasteiger partial charge < -0.3 is 58.9 Å². The van der Waals surface area contributed by atoms with Crippen LogP contribution in [0.25, 0.3) is 0 Å². The van der Waals surface area contributed by atoms with Crippen LogP contribution in [0.4, 0.5) is 0 Å². The molecule has 0 unspecified atom stereocenters. The molecule has 1 aliphatic heterocycles. The van der Waals surface area contributed by atoms with Crippen LogP contribution in [0.5, 0.6) is 5.75 Å². The number of nitrogens with zero attached hydrogens (tertiary/aromatic N) is 1. The Balaban J connectivity index is 2.40. The van der Waals surface area contributed by atoms with Crippen LogP contribution in [-0.2, 0) is 49.6 Å². The fourth-order valence-electron chi connectivity index (χ4n) is 6.04. The van der Waals surface area contributed by atoms with Crippen LogP contribution in [0.3, 0.4) is 0 Å². The monoisotopic (exact) mass is 789 g/mol. The minimum atomic E-state index is -1.68. The van der Waals surface area contributed by atoms with E-state index in [0.29, 0.717) is 12.0 Å². The van der Waals surface area contributed by atoms with Crippen molar-refractivity contribution in [1.29, 1.82) is 0 Å². The quantitative estimate of drug-likeness (QED) is 0.0554. The van der Waals surface area contributed by atoms with Gasteiger partial charge in [-0.3, -0.25) is 43.2 Å². The van der Waals surface area contributed by atoms with Gasteiger partial charge in [-0.2, -0.15) is 0 Å². The molecule has 0 aromatic heterocycles. The molecule has 1 saturated heterocycles. The van der Waals surface area contributed by atoms with Crippen LogP contribution in [0.2, 0.25) is 0 Å². The van der Waals surface area contributed by atoms with Crippen molar-refractivity contribution in [2.45, 2.75) is 109 Å². The molecule has 13 N–H and O–H groups in total. The van der Waals surface area contributed by atoms with E-state index in [9.17, 15) is 48.3 Å². The summed E-state index contributed by atoms with van der Waals surface area (Å²) in [5.41, 5.74) is 16.5. The molecular formula is C36H55N9O11. The van der Waals surface area contributed by atoms with Crippen LogP contribution < -0.4 is 43.8 Å². The second-order valence-electron chi connectivity index (χ2n) is 14.3. The molecule has 0 radical (unpaired) electrons. The number of nitrogens with two attached hydrogens (primary N) is 3. The highest BCUT2D eigenvalue weighted by Gasteiger charge is 2.40. The van der Waals surface area contributed by atoms with Gasteiger partial charge >= 0.3 is 0 Å². The number of aromatic hydroxyl groups is 1. The number of likely N-dealkylation sites (tertiary alicyclic amines) is 1. The van der Waals surface area contributed by atoms with Gasteiger partial charge in [0.25, 0.3) is 0 Å². The Kier molecular flexibility index (Phi) is 18.2. The van der Waals surface area contributed by atoms with E-state index in [1.54, 1.807) is 27.7 Å². The molecule has 310 valence electrons. The molecule has 0 saturated carbocycles. The highest BCUT2D eigenvalue weighted by molar-refractivity contribution is 5.98. The lowest BCUT2D eigenvalue weighted by Crippen LogP contribution is -2.60. The van der Waals surface area contributed by atoms with Crippen molar-refractivity contribution in [3.05, 3.63) is 29.8 Å². The second-order valence-corrected chi connectivity index (χ2v) is 14.3. The number of amides is 9. The van der Waals surface area contributed by atoms with Crippen LogP contribution in [0, 0.1) is 11.8 Å². The van der Waals surface area contributed by atoms with E-state index in [-0.39, 0.29) is 50.3 Å². The zero-order chi connectivity index (χ0) is 42.3. The van der Waals surface area contributed by atoms with E-state index in [0.717, 1.165) is 0 Å². The summed E-state index contributed by atoms with van der Waals surface area (Å²) in [6.45, 7) is 6.31. The molecule has 6 atom stereocenters. The van der Waals surface area contributed by atoms with Crippen LogP contribution in [-0.4, -0.2) is 118 Å². The normalized spacial score (nSPS) is 16.5. The third-order valence-electron chi connectivity index (χ3n) is 9.06. The van der Waals surface area contributed by atoms with E-state index in [2.05, 4.69) is 26.6 Å². The van der Waals surface area contributed by atoms with E-state index >= 15 is 0 Å². The Morgan fingerprint density at radius 3 is 1.86 bits per heavy atom. The second kappa shape index (κ2) is 21.9. The highest BCUT2D eigenvalue weighted by atomic mass is 16.3. The van der Waals surface area contributed by atoms with Crippen molar-refractivity contribution < 1.29 is 53.4 Å². The van der Waals surface area contributed by atoms with E-state index < -0.39 is 108 Å². The number of primary amides is 3. The maximum Gasteiger partial charge on any atom is 0.246 e. The van der Waals surface area contributed by atoms with Gasteiger partial charge in [-0.1, -0.05) is 39.8 Å². The first-order valence-electron chi connectivity index (χ1n) is 18.3. The number of phenols is 1. The summed E-state index contributed by atoms with van der Waals surface area (Å²) in [5.74, 6) is -8.20. The molecule has 2 rings (SSSR count). The van der Waals surface area contributed by atoms with E-state index in [1.165, 1.54) is 29.2 Å². The minimum absolute atomic E-state index is 0.0718. The average Bonchev–Trinajstić information content (AvgIpc) is 3.61. The number of carbonyl (C=O) groups is 9. The van der Waals surface area contributed by atoms with Crippen molar-refractivity contribution in [3.8, 4) is 5.75 Å². The first-order chi connectivity index (χ1) is 26.2. The van der Waals surface area contributed by atoms with Crippen LogP contribution in [0.15, 0.2) is 24.3 Å². The largest absolute Gasteiger partial charge is 0.508 e. The van der Waals surface area contributed by atoms with Crippen molar-refractivity contribution >= 4 is 53.2 Å². The molecule has 0 aliphatic carbocycles. The van der Waals surface area contributed by atoms with Gasteiger partial charge in [0.1, 0.15) is 42.0 Å². The predicted molar refractivity (Wildman–Crippen MR) is 199 cm³/mol. The topological polar surface area (TPSA) is 336 Å². The lowest BCUT2D eigenvalue weighted by atomic mass is 9.99. The Bertz CT molecular complexity index is 1600. The number of nitrogens with one attached hydrogen (secondary N) is 5. The summed E-state index contributed by atoms with van der Waals surface area (Å²) >= 11 is 0. The third-order valence-corrected chi connectivity index (χ3v) is 9.06. The number of hydrogen-bond acceptors (Lipinski definition) is 11. The fourth-order valence-corrected chi connectivity index (χ4v) is 6.04. The van der Waals surface area contributed by atoms with Crippen LogP contribution >= 0.6 is 0 Å². The molecule has 56 heavy (non-hydrogen) atoms. The van der Waals surface area contributed by atoms with Crippen molar-refractivity contribution in [1.82, 2.24) is 31.5 Å². The number of aliphatic hydroxyl groups is 1. The smallest absolute Gasteiger partial charge is 0.246 e. The number of hydrogen-bond donors (Lipinski definition) is 10. The first kappa shape index (κ1) is 46.4. The summed E-state index contributed by atoms with van der Waals surface area (Å²) < 4.78 is 0. The van der Waals surface area contributed by atoms with Gasteiger partial charge in [0.05, 0.1) is 13.0 Å². The molecule has 20 nitrogen and oxygen atoms in total. The van der Waals surface area contributed by atoms with Crippen molar-refractivity contribution in [3.63, 3.8) is 0 Å². The van der Waals surface area contributed by atoms with Crippen molar-refractivity contribution in [2.24, 2.45) is 29.0 Å². The first-order valence-corrected chi connectivity index (χ1v) is 18.3. The molecule has 0 bridgehead atoms. The summed E-state index contributed by atoms with van der Waals surface area (Å²) in [4.78, 5) is 117. The molecule has 1 aliphatic rings. The third kappa shape index (κ3) is 14.5. The lowest BCUT2D eigenvalue weighted by molar-refractivity contribution is -0.143. The van der Waals surface area contributed by atoms with Crippen LogP contribution in [0.1, 0.15) is 71.8 Å². The number of rotatable bonds is 22. The fraction of sp³-hybridized carbons (Fsp3) is 0.583. The molecule has 1 aromatic carbocycles. The molecule has 20 heteroatoms. The van der Waals surface area contributed by atoms with Gasteiger partial charge in [0, 0.05) is 25.8 Å². The Hall–Kier alpha value is -5.79. The Labute approximate surface area is 324 Å². The predicted octanol–water partition coefficient (Wildman–Crippen LogP) is -3.33. The zero-order valence-corrected chi connectivity index (χ0v) is 32.0. The highest BCUT2D eigenvalue weighted by Crippen LogP contribution is 2.21. The molecule has 9 amide bonds. The summed E-state index contributed by atoms with van der Waals surface area (Å²) in [5, 5.41) is 31.4. The maximum absolute atomic E-state index is 14.3. The van der Waals surface area contributed by atoms with Gasteiger partial charge in [0.2, 0.25) is 53.2 Å². The molecule has 1 aromatic rings. The zero-order valence-electron chi connectivity index (χ0n) is 32.0. The molecule has 1 heterocycles. The van der Waals surface area contributed by atoms with Gasteiger partial charge in [-0.15, -0.1) is 0 Å². The van der Waals surface area contributed by atoms with Gasteiger partial charge in [-0.05, 0) is 48.8 Å². The average molecular weight is 790 g/mol. The van der Waals surface area contributed by atoms with Crippen molar-refractivity contribution in [2.75, 3.05) is 13.2 Å². The van der Waals surface area contributed by atoms with E-state index in [1.807, 2.05) is 0 Å². The Morgan fingerprint density at radius 1 is 0.732 bits per heavy atom. The molecule has 1 fully saturated rings. The Morgan fingerprint density at radius 2 is 1.32 bits per heavy atom. The number of phenolic OH excluding ortho intramolecular Hbond substituents is 1. The number of carbonyl (C=O) groups excluding carboxylic acids is 9. The minimum Gasteiger partial charge on any atom is -0.508 e. The number of benzene rings is 1. The summed E-state index contributed by atoms with van der Waals surface area (Å²) in [7, 11) is 0. The maximum atomic E-state index is 14.3. The van der Waals surface area contributed by atoms with Gasteiger partial charge in [-0.25, -0.2) is 0 Å². The summed E-state index contributed by atoms with van der Waals surface area (Å²) in [6, 6.07) is -1.97.